The van der Waals surface area contributed by atoms with Crippen LogP contribution in [0.25, 0.3) is 0 Å². The average molecular weight is 225 g/mol. The van der Waals surface area contributed by atoms with Crippen LogP contribution < -0.4 is 4.74 Å². The molecule has 1 atom stereocenters. The lowest BCUT2D eigenvalue weighted by Crippen LogP contribution is -2.15. The Morgan fingerprint density at radius 1 is 1.67 bits per heavy atom. The summed E-state index contributed by atoms with van der Waals surface area (Å²) in [6, 6.07) is 1.87. The maximum atomic E-state index is 5.58. The number of hydrogen-bond acceptors (Lipinski definition) is 3. The van der Waals surface area contributed by atoms with E-state index in [0.29, 0.717) is 12.4 Å². The molecule has 4 heteroatoms. The number of aromatic amines is 1. The van der Waals surface area contributed by atoms with Crippen LogP contribution in [0.15, 0.2) is 17.3 Å². The molecule has 1 N–H and O–H groups in total. The van der Waals surface area contributed by atoms with Gasteiger partial charge in [0.15, 0.2) is 12.0 Å². The van der Waals surface area contributed by atoms with Crippen molar-refractivity contribution in [3.05, 3.63) is 12.3 Å². The highest BCUT2D eigenvalue weighted by Crippen LogP contribution is 2.28. The standard InChI is InChI=1S/C11H15NO2S/c1-4-8-15-11-10(6-7-12-11)14-9(3)13-5-2/h1,6-7,9,12H,5,8H2,2-3H3. The number of terminal acetylenes is 1. The van der Waals surface area contributed by atoms with Crippen molar-refractivity contribution in [2.24, 2.45) is 0 Å². The second-order valence-corrected chi connectivity index (χ2v) is 3.79. The maximum absolute atomic E-state index is 5.58. The summed E-state index contributed by atoms with van der Waals surface area (Å²) in [5.74, 6) is 3.98. The first-order chi connectivity index (χ1) is 7.27. The molecule has 1 unspecified atom stereocenters. The van der Waals surface area contributed by atoms with Gasteiger partial charge in [-0.1, -0.05) is 17.7 Å². The van der Waals surface area contributed by atoms with Crippen LogP contribution >= 0.6 is 11.8 Å². The number of ether oxygens (including phenoxy) is 2. The van der Waals surface area contributed by atoms with Crippen LogP contribution in [-0.2, 0) is 4.74 Å². The summed E-state index contributed by atoms with van der Waals surface area (Å²) in [4.78, 5) is 3.07. The predicted molar refractivity (Wildman–Crippen MR) is 62.1 cm³/mol. The van der Waals surface area contributed by atoms with Gasteiger partial charge in [0.05, 0.1) is 5.75 Å². The lowest BCUT2D eigenvalue weighted by atomic mass is 10.6. The molecule has 0 spiro atoms. The van der Waals surface area contributed by atoms with E-state index >= 15 is 0 Å². The molecule has 1 aromatic heterocycles. The fourth-order valence-corrected chi connectivity index (χ4v) is 1.74. The summed E-state index contributed by atoms with van der Waals surface area (Å²) in [5, 5.41) is 0.944. The molecule has 0 aromatic carbocycles. The second kappa shape index (κ2) is 6.44. The molecule has 0 saturated carbocycles. The fraction of sp³-hybridized carbons (Fsp3) is 0.455. The Morgan fingerprint density at radius 3 is 3.13 bits per heavy atom. The van der Waals surface area contributed by atoms with Gasteiger partial charge >= 0.3 is 0 Å². The molecule has 0 radical (unpaired) electrons. The Morgan fingerprint density at radius 2 is 2.47 bits per heavy atom. The highest BCUT2D eigenvalue weighted by atomic mass is 32.2. The normalized spacial score (nSPS) is 12.1. The van der Waals surface area contributed by atoms with Crippen LogP contribution in [0.4, 0.5) is 0 Å². The van der Waals surface area contributed by atoms with Crippen LogP contribution in [0.2, 0.25) is 0 Å². The van der Waals surface area contributed by atoms with E-state index in [1.165, 1.54) is 0 Å². The van der Waals surface area contributed by atoms with Crippen molar-refractivity contribution in [3.63, 3.8) is 0 Å². The number of aromatic nitrogens is 1. The Kier molecular flexibility index (Phi) is 5.16. The van der Waals surface area contributed by atoms with Crippen molar-refractivity contribution in [2.45, 2.75) is 25.2 Å². The van der Waals surface area contributed by atoms with Gasteiger partial charge in [0.25, 0.3) is 0 Å². The molecule has 15 heavy (non-hydrogen) atoms. The molecule has 0 aliphatic heterocycles. The molecule has 0 fully saturated rings. The van der Waals surface area contributed by atoms with Crippen LogP contribution in [0.5, 0.6) is 5.75 Å². The highest BCUT2D eigenvalue weighted by Gasteiger charge is 2.09. The molecule has 0 aliphatic rings. The molecule has 0 bridgehead atoms. The lowest BCUT2D eigenvalue weighted by Gasteiger charge is -2.13. The summed E-state index contributed by atoms with van der Waals surface area (Å²) >= 11 is 1.54. The first kappa shape index (κ1) is 12.0. The number of nitrogens with one attached hydrogen (secondary N) is 1. The van der Waals surface area contributed by atoms with E-state index in [-0.39, 0.29) is 6.29 Å². The van der Waals surface area contributed by atoms with Crippen molar-refractivity contribution < 1.29 is 9.47 Å². The zero-order valence-electron chi connectivity index (χ0n) is 8.95. The first-order valence-electron chi connectivity index (χ1n) is 4.79. The minimum Gasteiger partial charge on any atom is -0.462 e. The zero-order valence-corrected chi connectivity index (χ0v) is 9.76. The van der Waals surface area contributed by atoms with Crippen molar-refractivity contribution in [1.82, 2.24) is 4.98 Å². The van der Waals surface area contributed by atoms with Crippen LogP contribution in [0.3, 0.4) is 0 Å². The minimum absolute atomic E-state index is 0.240. The van der Waals surface area contributed by atoms with E-state index < -0.39 is 0 Å². The van der Waals surface area contributed by atoms with Gasteiger partial charge in [0.2, 0.25) is 0 Å². The second-order valence-electron chi connectivity index (χ2n) is 2.80. The smallest absolute Gasteiger partial charge is 0.197 e. The van der Waals surface area contributed by atoms with E-state index in [0.717, 1.165) is 10.8 Å². The summed E-state index contributed by atoms with van der Waals surface area (Å²) in [6.07, 6.45) is 6.78. The van der Waals surface area contributed by atoms with Gasteiger partial charge in [0, 0.05) is 12.8 Å². The topological polar surface area (TPSA) is 34.2 Å². The molecule has 1 aromatic rings. The molecule has 1 rings (SSSR count). The van der Waals surface area contributed by atoms with Gasteiger partial charge in [-0.3, -0.25) is 0 Å². The summed E-state index contributed by atoms with van der Waals surface area (Å²) in [7, 11) is 0. The molecule has 0 saturated heterocycles. The summed E-state index contributed by atoms with van der Waals surface area (Å²) in [6.45, 7) is 4.44. The SMILES string of the molecule is C#CCSc1[nH]ccc1OC(C)OCC. The van der Waals surface area contributed by atoms with Gasteiger partial charge in [0.1, 0.15) is 5.03 Å². The Hall–Kier alpha value is -1.05. The number of hydrogen-bond donors (Lipinski definition) is 1. The third-order valence-corrected chi connectivity index (χ3v) is 2.59. The largest absolute Gasteiger partial charge is 0.462 e. The quantitative estimate of drug-likeness (QED) is 0.459. The van der Waals surface area contributed by atoms with Crippen LogP contribution in [-0.4, -0.2) is 23.6 Å². The number of rotatable bonds is 6. The highest BCUT2D eigenvalue weighted by molar-refractivity contribution is 7.99. The van der Waals surface area contributed by atoms with Crippen molar-refractivity contribution >= 4 is 11.8 Å². The average Bonchev–Trinajstić information content (AvgIpc) is 2.63. The van der Waals surface area contributed by atoms with E-state index in [4.69, 9.17) is 15.9 Å². The van der Waals surface area contributed by atoms with Gasteiger partial charge in [-0.25, -0.2) is 0 Å². The minimum atomic E-state index is -0.240. The van der Waals surface area contributed by atoms with Crippen LogP contribution in [0, 0.1) is 12.3 Å². The zero-order chi connectivity index (χ0) is 11.1. The van der Waals surface area contributed by atoms with E-state index in [9.17, 15) is 0 Å². The van der Waals surface area contributed by atoms with Gasteiger partial charge in [-0.2, -0.15) is 0 Å². The van der Waals surface area contributed by atoms with E-state index in [1.54, 1.807) is 11.8 Å². The molecular weight excluding hydrogens is 210 g/mol. The summed E-state index contributed by atoms with van der Waals surface area (Å²) in [5.41, 5.74) is 0. The molecule has 3 nitrogen and oxygen atoms in total. The first-order valence-corrected chi connectivity index (χ1v) is 5.78. The molecule has 82 valence electrons. The third-order valence-electron chi connectivity index (χ3n) is 1.67. The fourth-order valence-electron chi connectivity index (χ4n) is 1.11. The Bertz CT molecular complexity index is 330. The van der Waals surface area contributed by atoms with Crippen molar-refractivity contribution in [2.75, 3.05) is 12.4 Å². The Labute approximate surface area is 94.5 Å². The van der Waals surface area contributed by atoms with Gasteiger partial charge in [-0.15, -0.1) is 6.42 Å². The predicted octanol–water partition coefficient (Wildman–Crippen LogP) is 2.50. The Balaban J connectivity index is 2.53. The van der Waals surface area contributed by atoms with Crippen molar-refractivity contribution in [3.8, 4) is 18.1 Å². The monoisotopic (exact) mass is 225 g/mol. The van der Waals surface area contributed by atoms with E-state index in [1.807, 2.05) is 26.1 Å². The molecular formula is C11H15NO2S. The third kappa shape index (κ3) is 3.90. The van der Waals surface area contributed by atoms with E-state index in [2.05, 4.69) is 10.9 Å². The van der Waals surface area contributed by atoms with Crippen LogP contribution in [0.1, 0.15) is 13.8 Å². The molecule has 0 amide bonds. The lowest BCUT2D eigenvalue weighted by molar-refractivity contribution is -0.0627. The van der Waals surface area contributed by atoms with Gasteiger partial charge in [-0.05, 0) is 19.9 Å². The molecule has 1 heterocycles. The summed E-state index contributed by atoms with van der Waals surface area (Å²) < 4.78 is 10.9. The van der Waals surface area contributed by atoms with Gasteiger partial charge < -0.3 is 14.5 Å². The maximum Gasteiger partial charge on any atom is 0.197 e. The van der Waals surface area contributed by atoms with Crippen molar-refractivity contribution in [1.29, 1.82) is 0 Å². The number of H-pyrrole nitrogens is 1. The molecule has 0 aliphatic carbocycles. The number of thioether (sulfide) groups is 1.